The molecule has 0 spiro atoms. The van der Waals surface area contributed by atoms with Gasteiger partial charge in [0, 0.05) is 24.6 Å². The lowest BCUT2D eigenvalue weighted by Gasteiger charge is -2.22. The zero-order valence-electron chi connectivity index (χ0n) is 13.1. The van der Waals surface area contributed by atoms with Crippen molar-refractivity contribution >= 4 is 5.78 Å². The van der Waals surface area contributed by atoms with Gasteiger partial charge in [-0.3, -0.25) is 9.69 Å². The standard InChI is InChI=1S/C18H27NO/c1-14(2)10-12-19(17-8-9-17)13-11-18(20)16-6-4-15(3)5-7-16/h4-7,14,17H,8-13H2,1-3H3. The molecule has 20 heavy (non-hydrogen) atoms. The summed E-state index contributed by atoms with van der Waals surface area (Å²) in [5.41, 5.74) is 2.06. The third kappa shape index (κ3) is 4.75. The van der Waals surface area contributed by atoms with Crippen molar-refractivity contribution in [1.29, 1.82) is 0 Å². The van der Waals surface area contributed by atoms with Gasteiger partial charge in [-0.05, 0) is 38.6 Å². The maximum Gasteiger partial charge on any atom is 0.164 e. The third-order valence-corrected chi connectivity index (χ3v) is 4.06. The van der Waals surface area contributed by atoms with Gasteiger partial charge in [-0.15, -0.1) is 0 Å². The maximum atomic E-state index is 12.2. The van der Waals surface area contributed by atoms with E-state index in [1.165, 1.54) is 24.8 Å². The smallest absolute Gasteiger partial charge is 0.164 e. The van der Waals surface area contributed by atoms with Gasteiger partial charge in [-0.25, -0.2) is 0 Å². The molecule has 0 radical (unpaired) electrons. The molecule has 0 saturated heterocycles. The summed E-state index contributed by atoms with van der Waals surface area (Å²) in [6.45, 7) is 8.65. The molecule has 1 aromatic carbocycles. The molecule has 1 aromatic rings. The Morgan fingerprint density at radius 1 is 1.20 bits per heavy atom. The average molecular weight is 273 g/mol. The van der Waals surface area contributed by atoms with Gasteiger partial charge >= 0.3 is 0 Å². The minimum atomic E-state index is 0.278. The minimum Gasteiger partial charge on any atom is -0.300 e. The monoisotopic (exact) mass is 273 g/mol. The van der Waals surface area contributed by atoms with Crippen LogP contribution < -0.4 is 0 Å². The van der Waals surface area contributed by atoms with E-state index in [4.69, 9.17) is 0 Å². The molecular weight excluding hydrogens is 246 g/mol. The molecule has 110 valence electrons. The summed E-state index contributed by atoms with van der Waals surface area (Å²) in [6, 6.07) is 8.69. The number of carbonyl (C=O) groups excluding carboxylic acids is 1. The van der Waals surface area contributed by atoms with Crippen LogP contribution in [0.4, 0.5) is 0 Å². The number of aryl methyl sites for hydroxylation is 1. The fourth-order valence-electron chi connectivity index (χ4n) is 2.47. The molecule has 0 aromatic heterocycles. The van der Waals surface area contributed by atoms with Crippen LogP contribution in [0.3, 0.4) is 0 Å². The Morgan fingerprint density at radius 3 is 2.40 bits per heavy atom. The summed E-state index contributed by atoms with van der Waals surface area (Å²) in [7, 11) is 0. The molecule has 0 unspecified atom stereocenters. The Bertz CT molecular complexity index is 431. The van der Waals surface area contributed by atoms with Crippen LogP contribution in [0.2, 0.25) is 0 Å². The van der Waals surface area contributed by atoms with Crippen LogP contribution in [-0.4, -0.2) is 29.8 Å². The Hall–Kier alpha value is -1.15. The van der Waals surface area contributed by atoms with E-state index in [1.54, 1.807) is 0 Å². The Morgan fingerprint density at radius 2 is 1.85 bits per heavy atom. The lowest BCUT2D eigenvalue weighted by atomic mass is 10.1. The fourth-order valence-corrected chi connectivity index (χ4v) is 2.47. The van der Waals surface area contributed by atoms with Gasteiger partial charge in [0.15, 0.2) is 5.78 Å². The van der Waals surface area contributed by atoms with Crippen molar-refractivity contribution in [3.8, 4) is 0 Å². The van der Waals surface area contributed by atoms with Crippen LogP contribution in [0.25, 0.3) is 0 Å². The van der Waals surface area contributed by atoms with Crippen molar-refractivity contribution in [2.45, 2.75) is 52.5 Å². The lowest BCUT2D eigenvalue weighted by Crippen LogP contribution is -2.30. The first-order valence-electron chi connectivity index (χ1n) is 7.90. The second kappa shape index (κ2) is 7.03. The van der Waals surface area contributed by atoms with Crippen LogP contribution in [-0.2, 0) is 0 Å². The summed E-state index contributed by atoms with van der Waals surface area (Å²) in [5, 5.41) is 0. The zero-order chi connectivity index (χ0) is 14.5. The molecule has 1 fully saturated rings. The zero-order valence-corrected chi connectivity index (χ0v) is 13.1. The molecule has 1 saturated carbocycles. The van der Waals surface area contributed by atoms with Crippen molar-refractivity contribution in [2.24, 2.45) is 5.92 Å². The van der Waals surface area contributed by atoms with Crippen molar-refractivity contribution in [3.05, 3.63) is 35.4 Å². The van der Waals surface area contributed by atoms with Crippen LogP contribution in [0, 0.1) is 12.8 Å². The van der Waals surface area contributed by atoms with Crippen LogP contribution >= 0.6 is 0 Å². The van der Waals surface area contributed by atoms with E-state index in [0.717, 1.165) is 30.6 Å². The normalized spacial score (nSPS) is 15.1. The predicted molar refractivity (Wildman–Crippen MR) is 84.2 cm³/mol. The van der Waals surface area contributed by atoms with E-state index in [1.807, 2.05) is 24.3 Å². The van der Waals surface area contributed by atoms with E-state index in [9.17, 15) is 4.79 Å². The van der Waals surface area contributed by atoms with Crippen molar-refractivity contribution in [1.82, 2.24) is 4.90 Å². The van der Waals surface area contributed by atoms with Gasteiger partial charge in [0.05, 0.1) is 0 Å². The summed E-state index contributed by atoms with van der Waals surface area (Å²) >= 11 is 0. The fraction of sp³-hybridized carbons (Fsp3) is 0.611. The van der Waals surface area contributed by atoms with E-state index in [0.29, 0.717) is 6.42 Å². The largest absolute Gasteiger partial charge is 0.300 e. The van der Waals surface area contributed by atoms with E-state index in [2.05, 4.69) is 25.7 Å². The van der Waals surface area contributed by atoms with Gasteiger partial charge in [0.2, 0.25) is 0 Å². The number of carbonyl (C=O) groups is 1. The van der Waals surface area contributed by atoms with E-state index < -0.39 is 0 Å². The van der Waals surface area contributed by atoms with Gasteiger partial charge in [-0.1, -0.05) is 43.7 Å². The molecule has 2 nitrogen and oxygen atoms in total. The molecule has 0 atom stereocenters. The van der Waals surface area contributed by atoms with Crippen LogP contribution in [0.1, 0.15) is 55.5 Å². The molecule has 0 aliphatic heterocycles. The summed E-state index contributed by atoms with van der Waals surface area (Å²) in [4.78, 5) is 14.7. The SMILES string of the molecule is Cc1ccc(C(=O)CCN(CCC(C)C)C2CC2)cc1. The van der Waals surface area contributed by atoms with Crippen LogP contribution in [0.15, 0.2) is 24.3 Å². The highest BCUT2D eigenvalue weighted by Gasteiger charge is 2.28. The number of ketones is 1. The third-order valence-electron chi connectivity index (χ3n) is 4.06. The number of rotatable bonds is 8. The number of hydrogen-bond donors (Lipinski definition) is 0. The quantitative estimate of drug-likeness (QED) is 0.665. The molecule has 0 bridgehead atoms. The van der Waals surface area contributed by atoms with Crippen molar-refractivity contribution < 1.29 is 4.79 Å². The first-order valence-corrected chi connectivity index (χ1v) is 7.90. The maximum absolute atomic E-state index is 12.2. The van der Waals surface area contributed by atoms with Gasteiger partial charge < -0.3 is 0 Å². The summed E-state index contributed by atoms with van der Waals surface area (Å²) in [6.07, 6.45) is 4.51. The molecule has 2 heteroatoms. The highest BCUT2D eigenvalue weighted by molar-refractivity contribution is 5.96. The second-order valence-corrected chi connectivity index (χ2v) is 6.49. The van der Waals surface area contributed by atoms with Crippen molar-refractivity contribution in [3.63, 3.8) is 0 Å². The Kier molecular flexibility index (Phi) is 5.36. The second-order valence-electron chi connectivity index (χ2n) is 6.49. The number of hydrogen-bond acceptors (Lipinski definition) is 2. The number of nitrogens with zero attached hydrogens (tertiary/aromatic N) is 1. The van der Waals surface area contributed by atoms with Gasteiger partial charge in [-0.2, -0.15) is 0 Å². The molecule has 0 amide bonds. The topological polar surface area (TPSA) is 20.3 Å². The first-order chi connectivity index (χ1) is 9.56. The molecular formula is C18H27NO. The minimum absolute atomic E-state index is 0.278. The predicted octanol–water partition coefficient (Wildman–Crippen LogP) is 4.08. The molecule has 1 aliphatic carbocycles. The lowest BCUT2D eigenvalue weighted by molar-refractivity contribution is 0.0961. The Balaban J connectivity index is 1.82. The molecule has 0 heterocycles. The highest BCUT2D eigenvalue weighted by atomic mass is 16.1. The van der Waals surface area contributed by atoms with E-state index in [-0.39, 0.29) is 5.78 Å². The number of benzene rings is 1. The Labute approximate surface area is 123 Å². The highest BCUT2D eigenvalue weighted by Crippen LogP contribution is 2.27. The van der Waals surface area contributed by atoms with Gasteiger partial charge in [0.25, 0.3) is 0 Å². The van der Waals surface area contributed by atoms with Gasteiger partial charge in [0.1, 0.15) is 0 Å². The molecule has 2 rings (SSSR count). The average Bonchev–Trinajstić information content (AvgIpc) is 3.23. The first kappa shape index (κ1) is 15.2. The summed E-state index contributed by atoms with van der Waals surface area (Å²) in [5.74, 6) is 1.02. The molecule has 1 aliphatic rings. The number of Topliss-reactive ketones (excluding diaryl/α,β-unsaturated/α-hetero) is 1. The molecule has 0 N–H and O–H groups in total. The van der Waals surface area contributed by atoms with Crippen LogP contribution in [0.5, 0.6) is 0 Å². The van der Waals surface area contributed by atoms with Crippen molar-refractivity contribution in [2.75, 3.05) is 13.1 Å². The summed E-state index contributed by atoms with van der Waals surface area (Å²) < 4.78 is 0. The van der Waals surface area contributed by atoms with E-state index >= 15 is 0 Å².